The molecule has 0 aromatic carbocycles. The molecule has 0 aliphatic heterocycles. The summed E-state index contributed by atoms with van der Waals surface area (Å²) in [6.07, 6.45) is 1.35. The number of carbonyl (C=O) groups excluding carboxylic acids is 2. The molecule has 98 valence electrons. The van der Waals surface area contributed by atoms with E-state index in [9.17, 15) is 9.59 Å². The van der Waals surface area contributed by atoms with E-state index in [0.717, 1.165) is 0 Å². The zero-order valence-corrected chi connectivity index (χ0v) is 11.4. The van der Waals surface area contributed by atoms with Gasteiger partial charge in [0.1, 0.15) is 0 Å². The standard InChI is InChI=1S/C11H12Cl2N2O3/c1-6(2)11(17)18-5-9(16)15-10-8(13)3-7(12)4-14-10/h3-4,6H,5H2,1-2H3,(H,14,15,16). The lowest BCUT2D eigenvalue weighted by molar-refractivity contribution is -0.150. The van der Waals surface area contributed by atoms with Gasteiger partial charge in [-0.05, 0) is 6.07 Å². The van der Waals surface area contributed by atoms with Gasteiger partial charge in [0.25, 0.3) is 5.91 Å². The van der Waals surface area contributed by atoms with Crippen LogP contribution in [0.5, 0.6) is 0 Å². The van der Waals surface area contributed by atoms with E-state index in [4.69, 9.17) is 27.9 Å². The molecule has 0 atom stereocenters. The molecule has 1 amide bonds. The molecule has 1 N–H and O–H groups in total. The minimum atomic E-state index is -0.513. The molecule has 0 spiro atoms. The largest absolute Gasteiger partial charge is 0.455 e. The van der Waals surface area contributed by atoms with Crippen LogP contribution in [0.15, 0.2) is 12.3 Å². The Bertz CT molecular complexity index is 464. The number of carbonyl (C=O) groups is 2. The second-order valence-corrected chi connectivity index (χ2v) is 4.64. The third-order valence-corrected chi connectivity index (χ3v) is 2.38. The lowest BCUT2D eigenvalue weighted by Gasteiger charge is -2.08. The summed E-state index contributed by atoms with van der Waals surface area (Å²) < 4.78 is 4.75. The van der Waals surface area contributed by atoms with Crippen LogP contribution in [-0.2, 0) is 14.3 Å². The van der Waals surface area contributed by atoms with E-state index in [-0.39, 0.29) is 23.4 Å². The lowest BCUT2D eigenvalue weighted by Crippen LogP contribution is -2.23. The Morgan fingerprint density at radius 1 is 1.44 bits per heavy atom. The number of anilines is 1. The van der Waals surface area contributed by atoms with Crippen molar-refractivity contribution in [1.82, 2.24) is 4.98 Å². The number of hydrogen-bond acceptors (Lipinski definition) is 4. The Balaban J connectivity index is 2.52. The minimum absolute atomic E-state index is 0.173. The molecule has 0 unspecified atom stereocenters. The predicted octanol–water partition coefficient (Wildman–Crippen LogP) is 2.53. The highest BCUT2D eigenvalue weighted by Crippen LogP contribution is 2.22. The first-order valence-corrected chi connectivity index (χ1v) is 5.93. The van der Waals surface area contributed by atoms with E-state index in [1.807, 2.05) is 0 Å². The molecule has 0 bridgehead atoms. The highest BCUT2D eigenvalue weighted by Gasteiger charge is 2.12. The number of nitrogens with zero attached hydrogens (tertiary/aromatic N) is 1. The third-order valence-electron chi connectivity index (χ3n) is 1.88. The maximum Gasteiger partial charge on any atom is 0.308 e. The van der Waals surface area contributed by atoms with E-state index in [1.54, 1.807) is 13.8 Å². The molecule has 18 heavy (non-hydrogen) atoms. The maximum absolute atomic E-state index is 11.5. The van der Waals surface area contributed by atoms with Crippen LogP contribution in [0.25, 0.3) is 0 Å². The molecule has 1 heterocycles. The van der Waals surface area contributed by atoms with Crippen molar-refractivity contribution < 1.29 is 14.3 Å². The second-order valence-electron chi connectivity index (χ2n) is 3.79. The first-order chi connectivity index (χ1) is 8.40. The molecular weight excluding hydrogens is 279 g/mol. The molecule has 0 saturated heterocycles. The topological polar surface area (TPSA) is 68.3 Å². The summed E-state index contributed by atoms with van der Waals surface area (Å²) in [5.74, 6) is -1.07. The Morgan fingerprint density at radius 3 is 2.67 bits per heavy atom. The van der Waals surface area contributed by atoms with Crippen molar-refractivity contribution in [2.75, 3.05) is 11.9 Å². The van der Waals surface area contributed by atoms with Crippen molar-refractivity contribution in [3.8, 4) is 0 Å². The molecule has 0 fully saturated rings. The Hall–Kier alpha value is -1.33. The number of esters is 1. The van der Waals surface area contributed by atoms with Crippen molar-refractivity contribution in [3.63, 3.8) is 0 Å². The summed E-state index contributed by atoms with van der Waals surface area (Å²) in [5, 5.41) is 2.99. The number of aromatic nitrogens is 1. The number of rotatable bonds is 4. The van der Waals surface area contributed by atoms with Crippen LogP contribution in [0, 0.1) is 5.92 Å². The lowest BCUT2D eigenvalue weighted by atomic mass is 10.2. The van der Waals surface area contributed by atoms with Crippen LogP contribution in [0.3, 0.4) is 0 Å². The zero-order valence-electron chi connectivity index (χ0n) is 9.87. The highest BCUT2D eigenvalue weighted by atomic mass is 35.5. The highest BCUT2D eigenvalue weighted by molar-refractivity contribution is 6.36. The summed E-state index contributed by atoms with van der Waals surface area (Å²) >= 11 is 11.5. The van der Waals surface area contributed by atoms with Crippen LogP contribution in [0.4, 0.5) is 5.82 Å². The van der Waals surface area contributed by atoms with Gasteiger partial charge in [0.15, 0.2) is 12.4 Å². The number of pyridine rings is 1. The van der Waals surface area contributed by atoms with Gasteiger partial charge in [-0.1, -0.05) is 37.0 Å². The predicted molar refractivity (Wildman–Crippen MR) is 68.7 cm³/mol. The molecule has 0 aliphatic rings. The van der Waals surface area contributed by atoms with Crippen LogP contribution in [0.2, 0.25) is 10.0 Å². The van der Waals surface area contributed by atoms with Gasteiger partial charge < -0.3 is 10.1 Å². The summed E-state index contributed by atoms with van der Waals surface area (Å²) in [7, 11) is 0. The van der Waals surface area contributed by atoms with Crippen LogP contribution in [0.1, 0.15) is 13.8 Å². The first kappa shape index (κ1) is 14.7. The van der Waals surface area contributed by atoms with Gasteiger partial charge >= 0.3 is 5.97 Å². The number of halogens is 2. The van der Waals surface area contributed by atoms with Crippen molar-refractivity contribution >= 4 is 40.9 Å². The van der Waals surface area contributed by atoms with Gasteiger partial charge in [-0.2, -0.15) is 0 Å². The van der Waals surface area contributed by atoms with Gasteiger partial charge in [-0.15, -0.1) is 0 Å². The van der Waals surface area contributed by atoms with E-state index < -0.39 is 11.9 Å². The number of nitrogens with one attached hydrogen (secondary N) is 1. The number of amides is 1. The normalized spacial score (nSPS) is 10.3. The molecule has 0 radical (unpaired) electrons. The van der Waals surface area contributed by atoms with Crippen molar-refractivity contribution in [2.24, 2.45) is 5.92 Å². The van der Waals surface area contributed by atoms with E-state index in [2.05, 4.69) is 10.3 Å². The quantitative estimate of drug-likeness (QED) is 0.865. The Kier molecular flexibility index (Phi) is 5.37. The average molecular weight is 291 g/mol. The van der Waals surface area contributed by atoms with Gasteiger partial charge in [0, 0.05) is 6.20 Å². The minimum Gasteiger partial charge on any atom is -0.455 e. The number of ether oxygens (including phenoxy) is 1. The first-order valence-electron chi connectivity index (χ1n) is 5.17. The third kappa shape index (κ3) is 4.50. The fourth-order valence-electron chi connectivity index (χ4n) is 0.978. The fourth-order valence-corrected chi connectivity index (χ4v) is 1.41. The number of hydrogen-bond donors (Lipinski definition) is 1. The molecular formula is C11H12Cl2N2O3. The van der Waals surface area contributed by atoms with Gasteiger partial charge in [0.2, 0.25) is 0 Å². The summed E-state index contributed by atoms with van der Waals surface area (Å²) in [6, 6.07) is 1.45. The van der Waals surface area contributed by atoms with Gasteiger partial charge in [-0.3, -0.25) is 9.59 Å². The summed E-state index contributed by atoms with van der Waals surface area (Å²) in [6.45, 7) is 2.98. The molecule has 1 aromatic rings. The van der Waals surface area contributed by atoms with Crippen molar-refractivity contribution in [2.45, 2.75) is 13.8 Å². The smallest absolute Gasteiger partial charge is 0.308 e. The summed E-state index contributed by atoms with van der Waals surface area (Å²) in [4.78, 5) is 26.5. The Morgan fingerprint density at radius 2 is 2.11 bits per heavy atom. The van der Waals surface area contributed by atoms with E-state index >= 15 is 0 Å². The van der Waals surface area contributed by atoms with Crippen molar-refractivity contribution in [3.05, 3.63) is 22.3 Å². The summed E-state index contributed by atoms with van der Waals surface area (Å²) in [5.41, 5.74) is 0. The van der Waals surface area contributed by atoms with E-state index in [1.165, 1.54) is 12.3 Å². The molecule has 0 aliphatic carbocycles. The van der Waals surface area contributed by atoms with Crippen molar-refractivity contribution in [1.29, 1.82) is 0 Å². The second kappa shape index (κ2) is 6.56. The molecule has 7 heteroatoms. The zero-order chi connectivity index (χ0) is 13.7. The monoisotopic (exact) mass is 290 g/mol. The SMILES string of the molecule is CC(C)C(=O)OCC(=O)Nc1ncc(Cl)cc1Cl. The average Bonchev–Trinajstić information content (AvgIpc) is 2.29. The van der Waals surface area contributed by atoms with E-state index in [0.29, 0.717) is 5.02 Å². The van der Waals surface area contributed by atoms with Crippen LogP contribution in [-0.4, -0.2) is 23.5 Å². The molecule has 1 rings (SSSR count). The van der Waals surface area contributed by atoms with Gasteiger partial charge in [-0.25, -0.2) is 4.98 Å². The van der Waals surface area contributed by atoms with Gasteiger partial charge in [0.05, 0.1) is 16.0 Å². The maximum atomic E-state index is 11.5. The molecule has 5 nitrogen and oxygen atoms in total. The molecule has 1 aromatic heterocycles. The van der Waals surface area contributed by atoms with Crippen LogP contribution < -0.4 is 5.32 Å². The fraction of sp³-hybridized carbons (Fsp3) is 0.364. The molecule has 0 saturated carbocycles. The van der Waals surface area contributed by atoms with Crippen LogP contribution >= 0.6 is 23.2 Å². The Labute approximate surface area is 114 Å².